The average Bonchev–Trinajstić information content (AvgIpc) is 2.62. The Morgan fingerprint density at radius 2 is 1.83 bits per heavy atom. The number of carbonyl (C=O) groups is 3. The molecule has 0 aromatic heterocycles. The Morgan fingerprint density at radius 3 is 2.38 bits per heavy atom. The molecule has 12 heteroatoms. The second-order valence-corrected chi connectivity index (χ2v) is 6.24. The molecule has 1 unspecified atom stereocenters. The molecular weight excluding hydrogens is 386 g/mol. The molecule has 0 spiro atoms. The minimum absolute atomic E-state index is 0.0279. The van der Waals surface area contributed by atoms with E-state index in [1.165, 1.54) is 13.0 Å². The largest absolute Gasteiger partial charge is 0.508 e. The Labute approximate surface area is 166 Å². The maximum absolute atomic E-state index is 12.5. The summed E-state index contributed by atoms with van der Waals surface area (Å²) in [5, 5.41) is 42.4. The van der Waals surface area contributed by atoms with Crippen molar-refractivity contribution >= 4 is 23.7 Å². The lowest BCUT2D eigenvalue weighted by Gasteiger charge is -2.23. The summed E-state index contributed by atoms with van der Waals surface area (Å²) in [4.78, 5) is 39.9. The molecule has 0 radical (unpaired) electrons. The predicted molar refractivity (Wildman–Crippen MR) is 102 cm³/mol. The number of benzene rings is 1. The summed E-state index contributed by atoms with van der Waals surface area (Å²) >= 11 is 0. The van der Waals surface area contributed by atoms with E-state index in [0.29, 0.717) is 0 Å². The first-order valence-corrected chi connectivity index (χ1v) is 8.62. The topological polar surface area (TPSA) is 221 Å². The first-order chi connectivity index (χ1) is 13.5. The van der Waals surface area contributed by atoms with Crippen molar-refractivity contribution in [3.63, 3.8) is 0 Å². The van der Waals surface area contributed by atoms with Crippen LogP contribution in [0.2, 0.25) is 0 Å². The summed E-state index contributed by atoms with van der Waals surface area (Å²) < 4.78 is 0. The number of carbonyl (C=O) groups excluding carboxylic acids is 2. The summed E-state index contributed by atoms with van der Waals surface area (Å²) in [5.74, 6) is -4.04. The molecule has 29 heavy (non-hydrogen) atoms. The molecule has 0 heterocycles. The van der Waals surface area contributed by atoms with Gasteiger partial charge in [-0.05, 0) is 38.0 Å². The molecule has 10 N–H and O–H groups in total. The maximum atomic E-state index is 12.5. The minimum atomic E-state index is -1.59. The van der Waals surface area contributed by atoms with Crippen LogP contribution in [0.1, 0.15) is 30.1 Å². The third kappa shape index (κ3) is 7.54. The number of aliphatic carboxylic acids is 1. The van der Waals surface area contributed by atoms with Gasteiger partial charge in [0.2, 0.25) is 5.91 Å². The second kappa shape index (κ2) is 10.7. The number of aliphatic hydroxyl groups excluding tert-OH is 1. The highest BCUT2D eigenvalue weighted by Gasteiger charge is 2.29. The van der Waals surface area contributed by atoms with Gasteiger partial charge in [0.1, 0.15) is 17.5 Å². The van der Waals surface area contributed by atoms with Gasteiger partial charge in [0, 0.05) is 6.54 Å². The van der Waals surface area contributed by atoms with Crippen LogP contribution < -0.4 is 22.1 Å². The Balaban J connectivity index is 2.98. The summed E-state index contributed by atoms with van der Waals surface area (Å²) in [6, 6.07) is 0.472. The molecule has 1 aromatic carbocycles. The fourth-order valence-corrected chi connectivity index (χ4v) is 2.36. The highest BCUT2D eigenvalue weighted by molar-refractivity contribution is 6.00. The number of carboxylic acid groups (broad SMARTS) is 1. The Kier molecular flexibility index (Phi) is 8.68. The molecule has 3 atom stereocenters. The smallest absolute Gasteiger partial charge is 0.328 e. The van der Waals surface area contributed by atoms with Crippen molar-refractivity contribution in [3.8, 4) is 11.5 Å². The van der Waals surface area contributed by atoms with Crippen molar-refractivity contribution in [1.82, 2.24) is 10.6 Å². The van der Waals surface area contributed by atoms with Gasteiger partial charge < -0.3 is 42.5 Å². The van der Waals surface area contributed by atoms with Crippen LogP contribution in [0.5, 0.6) is 11.5 Å². The fourth-order valence-electron chi connectivity index (χ4n) is 2.36. The minimum Gasteiger partial charge on any atom is -0.508 e. The maximum Gasteiger partial charge on any atom is 0.328 e. The molecule has 12 nitrogen and oxygen atoms in total. The summed E-state index contributed by atoms with van der Waals surface area (Å²) in [6.45, 7) is 1.34. The number of nitrogens with two attached hydrogens (primary N) is 2. The van der Waals surface area contributed by atoms with Crippen LogP contribution in [-0.4, -0.2) is 68.9 Å². The molecule has 0 bridgehead atoms. The molecule has 0 fully saturated rings. The van der Waals surface area contributed by atoms with E-state index in [1.54, 1.807) is 0 Å². The lowest BCUT2D eigenvalue weighted by atomic mass is 10.1. The summed E-state index contributed by atoms with van der Waals surface area (Å²) in [5.41, 5.74) is 10.2. The SMILES string of the molecule is CC(O)[C@H](NC(=O)[C@H](CCCN=C(N)N)NC(=O)c1cc(O)ccc1O)C(=O)O. The molecule has 160 valence electrons. The van der Waals surface area contributed by atoms with Crippen molar-refractivity contribution in [3.05, 3.63) is 23.8 Å². The molecule has 0 aliphatic carbocycles. The molecule has 1 aromatic rings. The van der Waals surface area contributed by atoms with Gasteiger partial charge in [-0.25, -0.2) is 4.79 Å². The van der Waals surface area contributed by atoms with Gasteiger partial charge in [0.15, 0.2) is 12.0 Å². The number of aliphatic hydroxyl groups is 1. The second-order valence-electron chi connectivity index (χ2n) is 6.24. The predicted octanol–water partition coefficient (Wildman–Crippen LogP) is -1.80. The third-order valence-corrected chi connectivity index (χ3v) is 3.84. The van der Waals surface area contributed by atoms with Crippen LogP contribution in [0.3, 0.4) is 0 Å². The summed E-state index contributed by atoms with van der Waals surface area (Å²) in [6.07, 6.45) is -1.10. The monoisotopic (exact) mass is 411 g/mol. The van der Waals surface area contributed by atoms with Gasteiger partial charge in [-0.1, -0.05) is 0 Å². The number of aliphatic imine (C=N–C) groups is 1. The zero-order valence-corrected chi connectivity index (χ0v) is 15.7. The number of hydrogen-bond donors (Lipinski definition) is 8. The summed E-state index contributed by atoms with van der Waals surface area (Å²) in [7, 11) is 0. The van der Waals surface area contributed by atoms with E-state index in [2.05, 4.69) is 15.6 Å². The Hall–Kier alpha value is -3.54. The number of hydrogen-bond acceptors (Lipinski definition) is 7. The van der Waals surface area contributed by atoms with Crippen molar-refractivity contribution < 1.29 is 34.8 Å². The average molecular weight is 411 g/mol. The highest BCUT2D eigenvalue weighted by Crippen LogP contribution is 2.22. The van der Waals surface area contributed by atoms with Crippen LogP contribution in [0.25, 0.3) is 0 Å². The third-order valence-electron chi connectivity index (χ3n) is 3.84. The number of phenolic OH excluding ortho intramolecular Hbond substituents is 2. The lowest BCUT2D eigenvalue weighted by molar-refractivity contribution is -0.145. The molecular formula is C17H25N5O7. The van der Waals surface area contributed by atoms with Gasteiger partial charge in [-0.2, -0.15) is 0 Å². The number of nitrogens with one attached hydrogen (secondary N) is 2. The van der Waals surface area contributed by atoms with Crippen LogP contribution in [0.15, 0.2) is 23.2 Å². The van der Waals surface area contributed by atoms with Crippen molar-refractivity contribution in [1.29, 1.82) is 0 Å². The van der Waals surface area contributed by atoms with Crippen LogP contribution in [0, 0.1) is 0 Å². The number of amides is 2. The van der Waals surface area contributed by atoms with E-state index < -0.39 is 41.7 Å². The number of phenols is 2. The van der Waals surface area contributed by atoms with E-state index in [-0.39, 0.29) is 36.7 Å². The van der Waals surface area contributed by atoms with Gasteiger partial charge in [-0.3, -0.25) is 14.6 Å². The molecule has 0 aliphatic heterocycles. The molecule has 0 saturated carbocycles. The Morgan fingerprint density at radius 1 is 1.17 bits per heavy atom. The highest BCUT2D eigenvalue weighted by atomic mass is 16.4. The van der Waals surface area contributed by atoms with Crippen LogP contribution in [-0.2, 0) is 9.59 Å². The first kappa shape index (κ1) is 23.5. The van der Waals surface area contributed by atoms with Crippen LogP contribution in [0.4, 0.5) is 0 Å². The normalized spacial score (nSPS) is 13.6. The van der Waals surface area contributed by atoms with Crippen LogP contribution >= 0.6 is 0 Å². The molecule has 1 rings (SSSR count). The van der Waals surface area contributed by atoms with E-state index in [9.17, 15) is 29.7 Å². The van der Waals surface area contributed by atoms with Gasteiger partial charge in [0.05, 0.1) is 11.7 Å². The van der Waals surface area contributed by atoms with Crippen molar-refractivity contribution in [2.75, 3.05) is 6.54 Å². The molecule has 0 saturated heterocycles. The number of carboxylic acids is 1. The van der Waals surface area contributed by atoms with E-state index >= 15 is 0 Å². The zero-order chi connectivity index (χ0) is 22.1. The number of nitrogens with zero attached hydrogens (tertiary/aromatic N) is 1. The van der Waals surface area contributed by atoms with Crippen molar-refractivity contribution in [2.24, 2.45) is 16.5 Å². The lowest BCUT2D eigenvalue weighted by Crippen LogP contribution is -2.54. The number of aromatic hydroxyl groups is 2. The Bertz CT molecular complexity index is 777. The quantitative estimate of drug-likeness (QED) is 0.0940. The number of rotatable bonds is 10. The molecule has 0 aliphatic rings. The zero-order valence-electron chi connectivity index (χ0n) is 15.7. The number of guanidine groups is 1. The van der Waals surface area contributed by atoms with Crippen molar-refractivity contribution in [2.45, 2.75) is 38.0 Å². The van der Waals surface area contributed by atoms with Gasteiger partial charge in [-0.15, -0.1) is 0 Å². The van der Waals surface area contributed by atoms with Gasteiger partial charge in [0.25, 0.3) is 5.91 Å². The first-order valence-electron chi connectivity index (χ1n) is 8.62. The standard InChI is InChI=1S/C17H25N5O7/c1-8(23)13(16(28)29)22-15(27)11(3-2-6-20-17(18)19)21-14(26)10-7-9(24)4-5-12(10)25/h4-5,7-8,11,13,23-25H,2-3,6H2,1H3,(H,21,26)(H,22,27)(H,28,29)(H4,18,19,20)/t8?,11-,13-/m0/s1. The molecule has 2 amide bonds. The van der Waals surface area contributed by atoms with Gasteiger partial charge >= 0.3 is 5.97 Å². The fraction of sp³-hybridized carbons (Fsp3) is 0.412. The van der Waals surface area contributed by atoms with E-state index in [0.717, 1.165) is 12.1 Å². The van der Waals surface area contributed by atoms with E-state index in [4.69, 9.17) is 16.6 Å². The van der Waals surface area contributed by atoms with E-state index in [1.807, 2.05) is 0 Å².